The highest BCUT2D eigenvalue weighted by atomic mass is 32.2. The van der Waals surface area contributed by atoms with E-state index in [1.165, 1.54) is 43.4 Å². The summed E-state index contributed by atoms with van der Waals surface area (Å²) in [6.07, 6.45) is 13.0. The van der Waals surface area contributed by atoms with Gasteiger partial charge in [0.2, 0.25) is 0 Å². The third-order valence-corrected chi connectivity index (χ3v) is 6.92. The number of rotatable bonds is 3. The molecule has 0 aromatic carbocycles. The number of fused-ring (bicyclic) bond motifs is 1. The fraction of sp³-hybridized carbons (Fsp3) is 0.778. The van der Waals surface area contributed by atoms with E-state index in [9.17, 15) is 5.11 Å². The summed E-state index contributed by atoms with van der Waals surface area (Å²) < 4.78 is 2.87. The normalized spacial score (nSPS) is 27.3. The molecule has 1 aromatic heterocycles. The Labute approximate surface area is 133 Å². The monoisotopic (exact) mass is 307 g/mol. The maximum absolute atomic E-state index is 10.4. The van der Waals surface area contributed by atoms with Crippen LogP contribution in [0.1, 0.15) is 69.7 Å². The number of thioether (sulfide) groups is 1. The zero-order chi connectivity index (χ0) is 15.1. The molecule has 2 aliphatic carbocycles. The first-order valence-electron chi connectivity index (χ1n) is 8.36. The number of nitrogens with zero attached hydrogens (tertiary/aromatic N) is 1. The highest BCUT2D eigenvalue weighted by Gasteiger charge is 2.36. The lowest BCUT2D eigenvalue weighted by atomic mass is 9.75. The minimum Gasteiger partial charge on any atom is -0.388 e. The van der Waals surface area contributed by atoms with Crippen LogP contribution in [0, 0.1) is 5.41 Å². The molecule has 0 aliphatic heterocycles. The van der Waals surface area contributed by atoms with E-state index in [1.54, 1.807) is 0 Å². The van der Waals surface area contributed by atoms with E-state index in [2.05, 4.69) is 48.7 Å². The maximum Gasteiger partial charge on any atom is 0.0812 e. The third kappa shape index (κ3) is 3.05. The van der Waals surface area contributed by atoms with Crippen LogP contribution in [-0.4, -0.2) is 20.7 Å². The molecule has 0 saturated heterocycles. The molecular formula is C18H29NOS. The maximum atomic E-state index is 10.4. The van der Waals surface area contributed by atoms with Gasteiger partial charge in [0.25, 0.3) is 0 Å². The van der Waals surface area contributed by atoms with Crippen LogP contribution in [0.3, 0.4) is 0 Å². The van der Waals surface area contributed by atoms with E-state index >= 15 is 0 Å². The van der Waals surface area contributed by atoms with Crippen LogP contribution < -0.4 is 0 Å². The Morgan fingerprint density at radius 1 is 1.29 bits per heavy atom. The summed E-state index contributed by atoms with van der Waals surface area (Å²) in [7, 11) is 0. The fourth-order valence-corrected chi connectivity index (χ4v) is 5.23. The van der Waals surface area contributed by atoms with Crippen molar-refractivity contribution < 1.29 is 5.11 Å². The van der Waals surface area contributed by atoms with Crippen molar-refractivity contribution in [3.05, 3.63) is 23.5 Å². The summed E-state index contributed by atoms with van der Waals surface area (Å²) in [4.78, 5) is 0. The smallest absolute Gasteiger partial charge is 0.0812 e. The lowest BCUT2D eigenvalue weighted by molar-refractivity contribution is 0.0976. The standard InChI is InChI=1S/C18H29NOS/c1-17(2)11-15-14(16(20)12-17)7-10-19(15)13-18(21-3)8-5-4-6-9-18/h7,10,16,20H,4-6,8-9,11-13H2,1-3H3. The van der Waals surface area contributed by atoms with Gasteiger partial charge < -0.3 is 9.67 Å². The van der Waals surface area contributed by atoms with Gasteiger partial charge in [-0.3, -0.25) is 0 Å². The first-order valence-corrected chi connectivity index (χ1v) is 9.58. The zero-order valence-electron chi connectivity index (χ0n) is 13.7. The van der Waals surface area contributed by atoms with Gasteiger partial charge in [0.05, 0.1) is 6.10 Å². The van der Waals surface area contributed by atoms with E-state index in [1.807, 2.05) is 0 Å². The summed E-state index contributed by atoms with van der Waals surface area (Å²) in [5.74, 6) is 0. The molecule has 0 radical (unpaired) electrons. The molecule has 0 bridgehead atoms. The Balaban J connectivity index is 1.87. The first-order chi connectivity index (χ1) is 9.95. The van der Waals surface area contributed by atoms with Gasteiger partial charge in [-0.25, -0.2) is 0 Å². The van der Waals surface area contributed by atoms with Gasteiger partial charge in [0, 0.05) is 28.7 Å². The van der Waals surface area contributed by atoms with Crippen molar-refractivity contribution in [1.29, 1.82) is 0 Å². The molecular weight excluding hydrogens is 278 g/mol. The second-order valence-electron chi connectivity index (χ2n) is 7.85. The van der Waals surface area contributed by atoms with Gasteiger partial charge >= 0.3 is 0 Å². The van der Waals surface area contributed by atoms with E-state index in [4.69, 9.17) is 0 Å². The van der Waals surface area contributed by atoms with Gasteiger partial charge in [0.15, 0.2) is 0 Å². The van der Waals surface area contributed by atoms with E-state index < -0.39 is 0 Å². The van der Waals surface area contributed by atoms with Crippen molar-refractivity contribution in [3.8, 4) is 0 Å². The highest BCUT2D eigenvalue weighted by molar-refractivity contribution is 8.00. The molecule has 0 spiro atoms. The molecule has 21 heavy (non-hydrogen) atoms. The molecule has 3 rings (SSSR count). The summed E-state index contributed by atoms with van der Waals surface area (Å²) in [5, 5.41) is 10.4. The van der Waals surface area contributed by atoms with Gasteiger partial charge in [-0.2, -0.15) is 11.8 Å². The Kier molecular flexibility index (Phi) is 4.17. The van der Waals surface area contributed by atoms with Gasteiger partial charge in [-0.15, -0.1) is 0 Å². The SMILES string of the molecule is CSC1(Cn2ccc3c2CC(C)(C)CC3O)CCCCC1. The molecule has 1 heterocycles. The lowest BCUT2D eigenvalue weighted by Crippen LogP contribution is -2.34. The summed E-state index contributed by atoms with van der Waals surface area (Å²) >= 11 is 2.06. The molecule has 1 aromatic rings. The summed E-state index contributed by atoms with van der Waals surface area (Å²) in [6.45, 7) is 5.68. The molecule has 1 fully saturated rings. The van der Waals surface area contributed by atoms with Crippen LogP contribution in [0.2, 0.25) is 0 Å². The van der Waals surface area contributed by atoms with Crippen molar-refractivity contribution >= 4 is 11.8 Å². The summed E-state index contributed by atoms with van der Waals surface area (Å²) in [6, 6.07) is 2.16. The molecule has 1 atom stereocenters. The lowest BCUT2D eigenvalue weighted by Gasteiger charge is -2.38. The van der Waals surface area contributed by atoms with E-state index in [-0.39, 0.29) is 11.5 Å². The first kappa shape index (κ1) is 15.5. The van der Waals surface area contributed by atoms with Crippen LogP contribution >= 0.6 is 11.8 Å². The largest absolute Gasteiger partial charge is 0.388 e. The van der Waals surface area contributed by atoms with Crippen LogP contribution in [0.4, 0.5) is 0 Å². The van der Waals surface area contributed by atoms with Crippen LogP contribution in [0.15, 0.2) is 12.3 Å². The molecule has 0 amide bonds. The van der Waals surface area contributed by atoms with E-state index in [0.29, 0.717) is 4.75 Å². The molecule has 3 heteroatoms. The van der Waals surface area contributed by atoms with Crippen molar-refractivity contribution in [2.24, 2.45) is 5.41 Å². The molecule has 118 valence electrons. The number of aromatic nitrogens is 1. The van der Waals surface area contributed by atoms with Crippen LogP contribution in [0.5, 0.6) is 0 Å². The summed E-state index contributed by atoms with van der Waals surface area (Å²) in [5.41, 5.74) is 2.78. The minimum atomic E-state index is -0.276. The van der Waals surface area contributed by atoms with Crippen LogP contribution in [0.25, 0.3) is 0 Å². The van der Waals surface area contributed by atoms with E-state index in [0.717, 1.165) is 19.4 Å². The number of hydrogen-bond acceptors (Lipinski definition) is 2. The third-order valence-electron chi connectivity index (χ3n) is 5.52. The zero-order valence-corrected chi connectivity index (χ0v) is 14.5. The molecule has 2 aliphatic rings. The molecule has 2 nitrogen and oxygen atoms in total. The average molecular weight is 308 g/mol. The highest BCUT2D eigenvalue weighted by Crippen LogP contribution is 2.44. The Bertz CT molecular complexity index is 499. The Hall–Kier alpha value is -0.410. The van der Waals surface area contributed by atoms with Gasteiger partial charge in [-0.1, -0.05) is 33.1 Å². The van der Waals surface area contributed by atoms with Gasteiger partial charge in [0.1, 0.15) is 0 Å². The van der Waals surface area contributed by atoms with Crippen molar-refractivity contribution in [3.63, 3.8) is 0 Å². The van der Waals surface area contributed by atoms with Gasteiger partial charge in [-0.05, 0) is 43.4 Å². The molecule has 1 unspecified atom stereocenters. The topological polar surface area (TPSA) is 25.2 Å². The van der Waals surface area contributed by atoms with Crippen molar-refractivity contribution in [2.75, 3.05) is 6.26 Å². The minimum absolute atomic E-state index is 0.210. The molecule has 1 saturated carbocycles. The Morgan fingerprint density at radius 2 is 2.00 bits per heavy atom. The number of aliphatic hydroxyl groups is 1. The van der Waals surface area contributed by atoms with Crippen LogP contribution in [-0.2, 0) is 13.0 Å². The quantitative estimate of drug-likeness (QED) is 0.885. The fourth-order valence-electron chi connectivity index (χ4n) is 4.27. The second kappa shape index (κ2) is 5.66. The predicted molar refractivity (Wildman–Crippen MR) is 90.8 cm³/mol. The average Bonchev–Trinajstić information content (AvgIpc) is 2.81. The van der Waals surface area contributed by atoms with Crippen molar-refractivity contribution in [2.45, 2.75) is 76.2 Å². The number of aliphatic hydroxyl groups excluding tert-OH is 1. The second-order valence-corrected chi connectivity index (χ2v) is 9.13. The predicted octanol–water partition coefficient (Wildman–Crippen LogP) is 4.56. The number of hydrogen-bond donors (Lipinski definition) is 1. The van der Waals surface area contributed by atoms with Crippen molar-refractivity contribution in [1.82, 2.24) is 4.57 Å². The Morgan fingerprint density at radius 3 is 2.67 bits per heavy atom. The molecule has 1 N–H and O–H groups in total.